The first-order valence-electron chi connectivity index (χ1n) is 9.79. The number of fused-ring (bicyclic) bond motifs is 2. The van der Waals surface area contributed by atoms with Gasteiger partial charge in [-0.2, -0.15) is 0 Å². The van der Waals surface area contributed by atoms with E-state index in [4.69, 9.17) is 4.74 Å². The molecule has 0 bridgehead atoms. The van der Waals surface area contributed by atoms with Crippen LogP contribution in [-0.2, 0) is 29.0 Å². The molecule has 1 aliphatic rings. The molecule has 0 aliphatic carbocycles. The average molecular weight is 393 g/mol. The molecule has 2 aromatic carbocycles. The van der Waals surface area contributed by atoms with Gasteiger partial charge >= 0.3 is 0 Å². The smallest absolute Gasteiger partial charge is 0.226 e. The van der Waals surface area contributed by atoms with Crippen molar-refractivity contribution in [2.24, 2.45) is 0 Å². The maximum atomic E-state index is 13.4. The molecule has 0 saturated heterocycles. The van der Waals surface area contributed by atoms with Crippen LogP contribution in [0.15, 0.2) is 48.5 Å². The molecule has 0 fully saturated rings. The third kappa shape index (κ3) is 4.78. The van der Waals surface area contributed by atoms with Gasteiger partial charge in [-0.25, -0.2) is 4.39 Å². The molecule has 0 atom stereocenters. The van der Waals surface area contributed by atoms with Crippen molar-refractivity contribution in [2.45, 2.75) is 25.9 Å². The predicted molar refractivity (Wildman–Crippen MR) is 111 cm³/mol. The molecule has 0 radical (unpaired) electrons. The lowest BCUT2D eigenvalue weighted by atomic mass is 9.99. The number of amides is 1. The Hall–Kier alpha value is -2.83. The Labute approximate surface area is 169 Å². The second kappa shape index (κ2) is 8.68. The fourth-order valence-corrected chi connectivity index (χ4v) is 3.70. The van der Waals surface area contributed by atoms with Gasteiger partial charge in [-0.15, -0.1) is 0 Å². The molecular weight excluding hydrogens is 369 g/mol. The summed E-state index contributed by atoms with van der Waals surface area (Å²) < 4.78 is 18.3. The second-order valence-electron chi connectivity index (χ2n) is 7.37. The van der Waals surface area contributed by atoms with Gasteiger partial charge in [0.1, 0.15) is 5.82 Å². The number of carbonyl (C=O) groups is 1. The van der Waals surface area contributed by atoms with Gasteiger partial charge in [-0.05, 0) is 53.9 Å². The van der Waals surface area contributed by atoms with Gasteiger partial charge in [0.25, 0.3) is 0 Å². The lowest BCUT2D eigenvalue weighted by molar-refractivity contribution is -0.117. The van der Waals surface area contributed by atoms with Gasteiger partial charge in [0, 0.05) is 37.8 Å². The molecule has 1 N–H and O–H groups in total. The Morgan fingerprint density at radius 3 is 2.93 bits per heavy atom. The van der Waals surface area contributed by atoms with Crippen molar-refractivity contribution >= 4 is 22.5 Å². The van der Waals surface area contributed by atoms with Crippen molar-refractivity contribution in [1.29, 1.82) is 0 Å². The van der Waals surface area contributed by atoms with Gasteiger partial charge in [0.05, 0.1) is 24.2 Å². The summed E-state index contributed by atoms with van der Waals surface area (Å²) in [6.45, 7) is 2.91. The summed E-state index contributed by atoms with van der Waals surface area (Å²) in [6, 6.07) is 14.7. The van der Waals surface area contributed by atoms with Crippen LogP contribution in [0.2, 0.25) is 0 Å². The largest absolute Gasteiger partial charge is 0.384 e. The van der Waals surface area contributed by atoms with E-state index in [-0.39, 0.29) is 11.7 Å². The number of rotatable bonds is 6. The maximum Gasteiger partial charge on any atom is 0.226 e. The van der Waals surface area contributed by atoms with E-state index in [1.807, 2.05) is 18.2 Å². The topological polar surface area (TPSA) is 54.5 Å². The number of hydrogen-bond donors (Lipinski definition) is 1. The number of nitrogens with zero attached hydrogens (tertiary/aromatic N) is 2. The minimum absolute atomic E-state index is 0.0451. The number of carbonyl (C=O) groups excluding carboxylic acids is 1. The lowest BCUT2D eigenvalue weighted by Gasteiger charge is -2.29. The zero-order chi connectivity index (χ0) is 20.2. The lowest BCUT2D eigenvalue weighted by Crippen LogP contribution is -2.30. The van der Waals surface area contributed by atoms with Crippen LogP contribution in [0, 0.1) is 5.82 Å². The van der Waals surface area contributed by atoms with Gasteiger partial charge in [0.15, 0.2) is 0 Å². The van der Waals surface area contributed by atoms with E-state index in [0.29, 0.717) is 13.0 Å². The summed E-state index contributed by atoms with van der Waals surface area (Å²) >= 11 is 0. The van der Waals surface area contributed by atoms with Crippen molar-refractivity contribution in [2.75, 3.05) is 25.6 Å². The summed E-state index contributed by atoms with van der Waals surface area (Å²) in [5.74, 6) is -0.291. The number of aromatic nitrogens is 1. The molecular formula is C23H24FN3O2. The first kappa shape index (κ1) is 19.5. The monoisotopic (exact) mass is 393 g/mol. The number of pyridine rings is 1. The van der Waals surface area contributed by atoms with E-state index >= 15 is 0 Å². The molecule has 4 rings (SSSR count). The maximum absolute atomic E-state index is 13.4. The van der Waals surface area contributed by atoms with Gasteiger partial charge in [-0.3, -0.25) is 14.7 Å². The highest BCUT2D eigenvalue weighted by Crippen LogP contribution is 2.24. The molecule has 5 nitrogen and oxygen atoms in total. The summed E-state index contributed by atoms with van der Waals surface area (Å²) in [7, 11) is 1.59. The third-order valence-electron chi connectivity index (χ3n) is 5.21. The Morgan fingerprint density at radius 1 is 1.17 bits per heavy atom. The van der Waals surface area contributed by atoms with E-state index < -0.39 is 0 Å². The number of benzene rings is 2. The fourth-order valence-electron chi connectivity index (χ4n) is 3.70. The second-order valence-corrected chi connectivity index (χ2v) is 7.37. The van der Waals surface area contributed by atoms with E-state index in [9.17, 15) is 9.18 Å². The minimum atomic E-state index is -0.246. The Kier molecular flexibility index (Phi) is 5.83. The average Bonchev–Trinajstić information content (AvgIpc) is 2.72. The third-order valence-corrected chi connectivity index (χ3v) is 5.21. The molecule has 1 aromatic heterocycles. The minimum Gasteiger partial charge on any atom is -0.384 e. The Balaban J connectivity index is 1.44. The van der Waals surface area contributed by atoms with E-state index in [1.54, 1.807) is 13.2 Å². The number of nitrogens with one attached hydrogen (secondary N) is 1. The number of halogens is 1. The molecule has 29 heavy (non-hydrogen) atoms. The standard InChI is InChI=1S/C23H24FN3O2/c1-29-11-9-23(28)26-20-5-2-16-8-10-27(14-18(16)13-20)15-21-6-3-17-12-19(24)4-7-22(17)25-21/h2-7,12-13H,8-11,14-15H2,1H3,(H,26,28). The highest BCUT2D eigenvalue weighted by molar-refractivity contribution is 5.90. The van der Waals surface area contributed by atoms with E-state index in [1.165, 1.54) is 23.3 Å². The Bertz CT molecular complexity index is 1040. The molecule has 2 heterocycles. The van der Waals surface area contributed by atoms with E-state index in [0.717, 1.165) is 48.3 Å². The van der Waals surface area contributed by atoms with Crippen LogP contribution in [0.5, 0.6) is 0 Å². The summed E-state index contributed by atoms with van der Waals surface area (Å²) in [6.07, 6.45) is 1.31. The number of anilines is 1. The summed E-state index contributed by atoms with van der Waals surface area (Å²) in [4.78, 5) is 19.0. The quantitative estimate of drug-likeness (QED) is 0.690. The van der Waals surface area contributed by atoms with Crippen LogP contribution >= 0.6 is 0 Å². The first-order valence-corrected chi connectivity index (χ1v) is 9.79. The van der Waals surface area contributed by atoms with Crippen LogP contribution in [0.4, 0.5) is 10.1 Å². The van der Waals surface area contributed by atoms with Crippen molar-refractivity contribution in [3.05, 3.63) is 71.2 Å². The van der Waals surface area contributed by atoms with Crippen LogP contribution < -0.4 is 5.32 Å². The molecule has 3 aromatic rings. The molecule has 1 aliphatic heterocycles. The van der Waals surface area contributed by atoms with Gasteiger partial charge < -0.3 is 10.1 Å². The molecule has 6 heteroatoms. The summed E-state index contributed by atoms with van der Waals surface area (Å²) in [5.41, 5.74) is 5.14. The zero-order valence-electron chi connectivity index (χ0n) is 16.5. The molecule has 150 valence electrons. The van der Waals surface area contributed by atoms with Crippen LogP contribution in [0.1, 0.15) is 23.2 Å². The van der Waals surface area contributed by atoms with Crippen molar-refractivity contribution in [3.8, 4) is 0 Å². The van der Waals surface area contributed by atoms with Crippen molar-refractivity contribution in [1.82, 2.24) is 9.88 Å². The molecule has 0 unspecified atom stereocenters. The highest BCUT2D eigenvalue weighted by atomic mass is 19.1. The Morgan fingerprint density at radius 2 is 2.07 bits per heavy atom. The van der Waals surface area contributed by atoms with Crippen LogP contribution in [0.25, 0.3) is 10.9 Å². The van der Waals surface area contributed by atoms with Gasteiger partial charge in [-0.1, -0.05) is 12.1 Å². The molecule has 0 spiro atoms. The predicted octanol–water partition coefficient (Wildman–Crippen LogP) is 3.91. The normalized spacial score (nSPS) is 14.0. The zero-order valence-corrected chi connectivity index (χ0v) is 16.5. The van der Waals surface area contributed by atoms with Crippen molar-refractivity contribution < 1.29 is 13.9 Å². The SMILES string of the molecule is COCCC(=O)Nc1ccc2c(c1)CN(Cc1ccc3cc(F)ccc3n1)CC2. The molecule has 1 amide bonds. The van der Waals surface area contributed by atoms with Crippen LogP contribution in [-0.4, -0.2) is 36.1 Å². The summed E-state index contributed by atoms with van der Waals surface area (Å²) in [5, 5.41) is 3.75. The van der Waals surface area contributed by atoms with Crippen molar-refractivity contribution in [3.63, 3.8) is 0 Å². The fraction of sp³-hybridized carbons (Fsp3) is 0.304. The number of methoxy groups -OCH3 is 1. The molecule has 0 saturated carbocycles. The highest BCUT2D eigenvalue weighted by Gasteiger charge is 2.18. The number of hydrogen-bond acceptors (Lipinski definition) is 4. The van der Waals surface area contributed by atoms with Crippen LogP contribution in [0.3, 0.4) is 0 Å². The van der Waals surface area contributed by atoms with Gasteiger partial charge in [0.2, 0.25) is 5.91 Å². The van der Waals surface area contributed by atoms with E-state index in [2.05, 4.69) is 27.3 Å². The number of ether oxygens (including phenoxy) is 1. The first-order chi connectivity index (χ1) is 14.1.